The number of rotatable bonds is 3. The lowest BCUT2D eigenvalue weighted by molar-refractivity contribution is -0.122. The number of hydrogen-bond acceptors (Lipinski definition) is 3. The summed E-state index contributed by atoms with van der Waals surface area (Å²) in [5, 5.41) is 5.73. The Morgan fingerprint density at radius 3 is 2.27 bits per heavy atom. The smallest absolute Gasteiger partial charge is 0.238 e. The fourth-order valence-corrected chi connectivity index (χ4v) is 4.52. The Morgan fingerprint density at radius 1 is 1.00 bits per heavy atom. The second-order valence-corrected chi connectivity index (χ2v) is 7.99. The van der Waals surface area contributed by atoms with Gasteiger partial charge in [-0.2, -0.15) is 5.10 Å². The van der Waals surface area contributed by atoms with Gasteiger partial charge in [0.2, 0.25) is 11.8 Å². The van der Waals surface area contributed by atoms with Crippen LogP contribution in [0.1, 0.15) is 31.2 Å². The first-order valence-electron chi connectivity index (χ1n) is 8.50. The molecule has 5 nitrogen and oxygen atoms in total. The topological polar surface area (TPSA) is 55.2 Å². The average Bonchev–Trinajstić information content (AvgIpc) is 3.08. The Balaban J connectivity index is 1.62. The SMILES string of the molecule is O=C1[C@H]2CCCC[C@H]2C(=O)N1c1nn(Cc2ccc(Cl)cc2Cl)cc1Cl. The van der Waals surface area contributed by atoms with Crippen molar-refractivity contribution in [3.8, 4) is 0 Å². The molecule has 2 aromatic rings. The van der Waals surface area contributed by atoms with Crippen LogP contribution in [0.5, 0.6) is 0 Å². The first-order chi connectivity index (χ1) is 12.5. The largest absolute Gasteiger partial charge is 0.274 e. The summed E-state index contributed by atoms with van der Waals surface area (Å²) in [6.07, 6.45) is 5.07. The van der Waals surface area contributed by atoms with Gasteiger partial charge in [-0.15, -0.1) is 0 Å². The van der Waals surface area contributed by atoms with Gasteiger partial charge in [0.25, 0.3) is 0 Å². The van der Waals surface area contributed by atoms with E-state index in [1.54, 1.807) is 29.1 Å². The molecule has 1 aromatic carbocycles. The minimum absolute atomic E-state index is 0.184. The number of nitrogens with zero attached hydrogens (tertiary/aromatic N) is 3. The van der Waals surface area contributed by atoms with Gasteiger partial charge in [-0.1, -0.05) is 53.7 Å². The number of benzene rings is 1. The number of aromatic nitrogens is 2. The first kappa shape index (κ1) is 17.8. The fraction of sp³-hybridized carbons (Fsp3) is 0.389. The standard InChI is InChI=1S/C18H16Cl3N3O2/c19-11-6-5-10(14(20)7-11)8-23-9-15(21)16(22-23)24-17(25)12-3-1-2-4-13(12)18(24)26/h5-7,9,12-13H,1-4,8H2/t12-,13+. The minimum Gasteiger partial charge on any atom is -0.274 e. The maximum absolute atomic E-state index is 12.7. The first-order valence-corrected chi connectivity index (χ1v) is 9.64. The maximum Gasteiger partial charge on any atom is 0.238 e. The van der Waals surface area contributed by atoms with Crippen molar-refractivity contribution in [2.24, 2.45) is 11.8 Å². The number of carbonyl (C=O) groups is 2. The van der Waals surface area contributed by atoms with Crippen LogP contribution in [-0.4, -0.2) is 21.6 Å². The molecule has 2 aliphatic rings. The van der Waals surface area contributed by atoms with Crippen molar-refractivity contribution < 1.29 is 9.59 Å². The van der Waals surface area contributed by atoms with E-state index in [0.29, 0.717) is 16.6 Å². The summed E-state index contributed by atoms with van der Waals surface area (Å²) in [7, 11) is 0. The summed E-state index contributed by atoms with van der Waals surface area (Å²) in [4.78, 5) is 26.6. The number of fused-ring (bicyclic) bond motifs is 1. The van der Waals surface area contributed by atoms with E-state index in [1.807, 2.05) is 0 Å². The summed E-state index contributed by atoms with van der Waals surface area (Å²) < 4.78 is 1.58. The molecule has 0 N–H and O–H groups in total. The molecular weight excluding hydrogens is 397 g/mol. The Kier molecular flexibility index (Phi) is 4.71. The number of carbonyl (C=O) groups excluding carboxylic acids is 2. The number of hydrogen-bond donors (Lipinski definition) is 0. The molecule has 2 atom stereocenters. The summed E-state index contributed by atoms with van der Waals surface area (Å²) in [5.74, 6) is -0.625. The highest BCUT2D eigenvalue weighted by molar-refractivity contribution is 6.36. The molecule has 2 heterocycles. The molecule has 136 valence electrons. The maximum atomic E-state index is 12.7. The molecule has 1 saturated carbocycles. The van der Waals surface area contributed by atoms with Crippen molar-refractivity contribution in [3.05, 3.63) is 45.0 Å². The Hall–Kier alpha value is -1.56. The van der Waals surface area contributed by atoms with E-state index in [0.717, 1.165) is 31.2 Å². The molecule has 4 rings (SSSR count). The molecule has 0 bridgehead atoms. The van der Waals surface area contributed by atoms with Crippen molar-refractivity contribution in [3.63, 3.8) is 0 Å². The molecule has 0 unspecified atom stereocenters. The molecule has 1 aliphatic carbocycles. The fourth-order valence-electron chi connectivity index (χ4n) is 3.81. The van der Waals surface area contributed by atoms with E-state index in [9.17, 15) is 9.59 Å². The molecule has 26 heavy (non-hydrogen) atoms. The van der Waals surface area contributed by atoms with E-state index in [2.05, 4.69) is 5.10 Å². The second-order valence-electron chi connectivity index (χ2n) is 6.74. The molecule has 2 fully saturated rings. The van der Waals surface area contributed by atoms with E-state index in [-0.39, 0.29) is 34.5 Å². The number of anilines is 1. The van der Waals surface area contributed by atoms with Crippen LogP contribution in [0.4, 0.5) is 5.82 Å². The lowest BCUT2D eigenvalue weighted by Crippen LogP contribution is -2.31. The third-order valence-electron chi connectivity index (χ3n) is 5.10. The number of imide groups is 1. The van der Waals surface area contributed by atoms with Crippen LogP contribution in [0, 0.1) is 11.8 Å². The summed E-state index contributed by atoms with van der Waals surface area (Å²) in [6.45, 7) is 0.360. The number of halogens is 3. The molecule has 1 saturated heterocycles. The van der Waals surface area contributed by atoms with Crippen LogP contribution < -0.4 is 4.90 Å². The van der Waals surface area contributed by atoms with E-state index >= 15 is 0 Å². The van der Waals surface area contributed by atoms with Gasteiger partial charge in [-0.05, 0) is 30.5 Å². The van der Waals surface area contributed by atoms with Crippen LogP contribution in [-0.2, 0) is 16.1 Å². The lowest BCUT2D eigenvalue weighted by atomic mass is 9.81. The van der Waals surface area contributed by atoms with Crippen molar-refractivity contribution >= 4 is 52.4 Å². The zero-order valence-electron chi connectivity index (χ0n) is 13.8. The average molecular weight is 413 g/mol. The van der Waals surface area contributed by atoms with Gasteiger partial charge in [0.15, 0.2) is 5.82 Å². The quantitative estimate of drug-likeness (QED) is 0.694. The molecular formula is C18H16Cl3N3O2. The van der Waals surface area contributed by atoms with Gasteiger partial charge in [0.05, 0.1) is 18.4 Å². The van der Waals surface area contributed by atoms with Gasteiger partial charge in [0.1, 0.15) is 5.02 Å². The lowest BCUT2D eigenvalue weighted by Gasteiger charge is -2.19. The Bertz CT molecular complexity index is 872. The van der Waals surface area contributed by atoms with Crippen molar-refractivity contribution in [1.82, 2.24) is 9.78 Å². The highest BCUT2D eigenvalue weighted by Crippen LogP contribution is 2.41. The predicted octanol–water partition coefficient (Wildman–Crippen LogP) is 4.57. The van der Waals surface area contributed by atoms with Crippen molar-refractivity contribution in [2.75, 3.05) is 4.90 Å². The zero-order valence-corrected chi connectivity index (χ0v) is 16.1. The third-order valence-corrected chi connectivity index (χ3v) is 5.95. The van der Waals surface area contributed by atoms with Gasteiger partial charge in [-0.25, -0.2) is 4.90 Å². The normalized spacial score (nSPS) is 22.8. The van der Waals surface area contributed by atoms with Crippen molar-refractivity contribution in [1.29, 1.82) is 0 Å². The number of amides is 2. The van der Waals surface area contributed by atoms with Crippen LogP contribution in [0.25, 0.3) is 0 Å². The second kappa shape index (κ2) is 6.87. The van der Waals surface area contributed by atoms with Gasteiger partial charge >= 0.3 is 0 Å². The highest BCUT2D eigenvalue weighted by atomic mass is 35.5. The predicted molar refractivity (Wildman–Crippen MR) is 101 cm³/mol. The summed E-state index contributed by atoms with van der Waals surface area (Å²) in [6, 6.07) is 5.20. The van der Waals surface area contributed by atoms with Crippen LogP contribution in [0.3, 0.4) is 0 Å². The van der Waals surface area contributed by atoms with E-state index in [4.69, 9.17) is 34.8 Å². The minimum atomic E-state index is -0.233. The molecule has 0 radical (unpaired) electrons. The van der Waals surface area contributed by atoms with Crippen LogP contribution in [0.2, 0.25) is 15.1 Å². The monoisotopic (exact) mass is 411 g/mol. The molecule has 1 aliphatic heterocycles. The van der Waals surface area contributed by atoms with Gasteiger partial charge in [0, 0.05) is 16.2 Å². The summed E-state index contributed by atoms with van der Waals surface area (Å²) >= 11 is 18.4. The molecule has 8 heteroatoms. The van der Waals surface area contributed by atoms with Gasteiger partial charge in [-0.3, -0.25) is 14.3 Å². The Morgan fingerprint density at radius 2 is 1.65 bits per heavy atom. The highest BCUT2D eigenvalue weighted by Gasteiger charge is 2.50. The van der Waals surface area contributed by atoms with Crippen LogP contribution in [0.15, 0.2) is 24.4 Å². The Labute approximate surface area is 165 Å². The summed E-state index contributed by atoms with van der Waals surface area (Å²) in [5.41, 5.74) is 0.814. The zero-order chi connectivity index (χ0) is 18.4. The van der Waals surface area contributed by atoms with Crippen LogP contribution >= 0.6 is 34.8 Å². The molecule has 0 spiro atoms. The van der Waals surface area contributed by atoms with E-state index < -0.39 is 0 Å². The van der Waals surface area contributed by atoms with Gasteiger partial charge < -0.3 is 0 Å². The molecule has 1 aromatic heterocycles. The molecule has 2 amide bonds. The van der Waals surface area contributed by atoms with Crippen molar-refractivity contribution in [2.45, 2.75) is 32.2 Å². The van der Waals surface area contributed by atoms with E-state index in [1.165, 1.54) is 4.90 Å². The third kappa shape index (κ3) is 3.02.